The summed E-state index contributed by atoms with van der Waals surface area (Å²) < 4.78 is 21.4. The third-order valence-corrected chi connectivity index (χ3v) is 11.7. The second-order valence-electron chi connectivity index (χ2n) is 11.7. The first-order chi connectivity index (χ1) is 15.7. The number of rotatable bonds is 14. The Kier molecular flexibility index (Phi) is 15.9. The Morgan fingerprint density at radius 1 is 0.743 bits per heavy atom. The predicted octanol–water partition coefficient (Wildman–Crippen LogP) is 6.50. The zero-order valence-electron chi connectivity index (χ0n) is 24.5. The summed E-state index contributed by atoms with van der Waals surface area (Å²) in [5, 5.41) is 0. The first-order valence-electron chi connectivity index (χ1n) is 12.6. The second kappa shape index (κ2) is 15.6. The van der Waals surface area contributed by atoms with Crippen LogP contribution in [0.15, 0.2) is 12.2 Å². The van der Waals surface area contributed by atoms with E-state index in [1.807, 2.05) is 41.5 Å². The maximum atomic E-state index is 11.8. The van der Waals surface area contributed by atoms with Crippen LogP contribution in [0.1, 0.15) is 67.7 Å². The Bertz CT molecular complexity index is 692. The van der Waals surface area contributed by atoms with Crippen LogP contribution < -0.4 is 0 Å². The van der Waals surface area contributed by atoms with Gasteiger partial charge in [0.2, 0.25) is 0 Å². The molecule has 0 amide bonds. The minimum Gasteiger partial charge on any atom is -0.465 e. The summed E-state index contributed by atoms with van der Waals surface area (Å²) in [6, 6.07) is 1.05. The molecule has 0 radical (unpaired) electrons. The van der Waals surface area contributed by atoms with E-state index in [0.29, 0.717) is 18.6 Å². The Balaban J connectivity index is 0. The summed E-state index contributed by atoms with van der Waals surface area (Å²) in [6.45, 7) is 28.3. The van der Waals surface area contributed by atoms with Gasteiger partial charge in [0, 0.05) is 5.57 Å². The maximum absolute atomic E-state index is 11.8. The van der Waals surface area contributed by atoms with Gasteiger partial charge in [0.15, 0.2) is 16.6 Å². The van der Waals surface area contributed by atoms with E-state index >= 15 is 0 Å². The van der Waals surface area contributed by atoms with Crippen LogP contribution in [0.2, 0.25) is 38.8 Å². The molecule has 0 aliphatic carbocycles. The third-order valence-electron chi connectivity index (χ3n) is 5.51. The Morgan fingerprint density at radius 2 is 1.14 bits per heavy atom. The van der Waals surface area contributed by atoms with Crippen LogP contribution in [-0.4, -0.2) is 54.4 Å². The van der Waals surface area contributed by atoms with Crippen LogP contribution in [0.25, 0.3) is 0 Å². The molecule has 0 spiro atoms. The van der Waals surface area contributed by atoms with Gasteiger partial charge in [-0.2, -0.15) is 0 Å². The number of carbonyl (C=O) groups excluding carboxylic acids is 3. The quantitative estimate of drug-likeness (QED) is 0.0829. The van der Waals surface area contributed by atoms with Crippen molar-refractivity contribution in [3.8, 4) is 0 Å². The van der Waals surface area contributed by atoms with Crippen LogP contribution >= 0.6 is 0 Å². The standard InChI is InChI=1S/C14H32O3Si2.C12H20O4/c1-9-14(2,3)13(15)16-11-10-12-19(7,8)17-18(4,5)6;1-6-12(4,5)11(14)16-8-7-15-10(13)9(2)3/h9-12H2,1-8H3;2,6-8H2,1,3-5H3. The van der Waals surface area contributed by atoms with Gasteiger partial charge in [0.05, 0.1) is 17.4 Å². The van der Waals surface area contributed by atoms with Crippen molar-refractivity contribution < 1.29 is 32.7 Å². The van der Waals surface area contributed by atoms with Crippen LogP contribution in [0.3, 0.4) is 0 Å². The third kappa shape index (κ3) is 17.6. The Hall–Kier alpha value is -1.46. The van der Waals surface area contributed by atoms with Crippen LogP contribution in [0.5, 0.6) is 0 Å². The van der Waals surface area contributed by atoms with Gasteiger partial charge < -0.3 is 18.3 Å². The molecule has 0 aliphatic heterocycles. The van der Waals surface area contributed by atoms with E-state index < -0.39 is 28.0 Å². The zero-order valence-corrected chi connectivity index (χ0v) is 26.5. The molecule has 7 nitrogen and oxygen atoms in total. The highest BCUT2D eigenvalue weighted by Gasteiger charge is 2.30. The van der Waals surface area contributed by atoms with Gasteiger partial charge in [-0.3, -0.25) is 9.59 Å². The average molecular weight is 533 g/mol. The van der Waals surface area contributed by atoms with Crippen molar-refractivity contribution in [2.75, 3.05) is 19.8 Å². The van der Waals surface area contributed by atoms with Gasteiger partial charge in [-0.05, 0) is 92.7 Å². The van der Waals surface area contributed by atoms with Crippen molar-refractivity contribution in [3.63, 3.8) is 0 Å². The zero-order chi connectivity index (χ0) is 28.1. The van der Waals surface area contributed by atoms with Gasteiger partial charge in [-0.1, -0.05) is 20.4 Å². The van der Waals surface area contributed by atoms with Crippen molar-refractivity contribution in [1.82, 2.24) is 0 Å². The van der Waals surface area contributed by atoms with E-state index in [4.69, 9.17) is 18.3 Å². The molecule has 0 fully saturated rings. The van der Waals surface area contributed by atoms with Crippen molar-refractivity contribution >= 4 is 34.5 Å². The van der Waals surface area contributed by atoms with E-state index in [1.54, 1.807) is 6.92 Å². The van der Waals surface area contributed by atoms with Crippen molar-refractivity contribution in [2.45, 2.75) is 107 Å². The van der Waals surface area contributed by atoms with Gasteiger partial charge in [-0.25, -0.2) is 4.79 Å². The number of carbonyl (C=O) groups is 3. The monoisotopic (exact) mass is 532 g/mol. The lowest BCUT2D eigenvalue weighted by atomic mass is 9.91. The Labute approximate surface area is 216 Å². The topological polar surface area (TPSA) is 88.1 Å². The number of ether oxygens (including phenoxy) is 3. The normalized spacial score (nSPS) is 12.2. The molecule has 0 N–H and O–H groups in total. The molecule has 0 saturated carbocycles. The molecule has 206 valence electrons. The number of esters is 3. The number of hydrogen-bond acceptors (Lipinski definition) is 7. The van der Waals surface area contributed by atoms with Gasteiger partial charge in [-0.15, -0.1) is 0 Å². The molecule has 0 saturated heterocycles. The molecule has 0 bridgehead atoms. The van der Waals surface area contributed by atoms with Gasteiger partial charge in [0.1, 0.15) is 13.2 Å². The molecule has 0 atom stereocenters. The first kappa shape index (κ1) is 35.7. The molecule has 0 aromatic rings. The number of hydrogen-bond donors (Lipinski definition) is 0. The van der Waals surface area contributed by atoms with Gasteiger partial charge in [0.25, 0.3) is 0 Å². The van der Waals surface area contributed by atoms with Gasteiger partial charge >= 0.3 is 17.9 Å². The molecule has 0 heterocycles. The first-order valence-corrected chi connectivity index (χ1v) is 19.1. The van der Waals surface area contributed by atoms with E-state index in [0.717, 1.165) is 18.9 Å². The van der Waals surface area contributed by atoms with E-state index in [1.165, 1.54) is 0 Å². The fourth-order valence-electron chi connectivity index (χ4n) is 2.61. The Morgan fingerprint density at radius 3 is 1.51 bits per heavy atom. The molecule has 0 rings (SSSR count). The fourth-order valence-corrected chi connectivity index (χ4v) is 10.6. The van der Waals surface area contributed by atoms with Crippen molar-refractivity contribution in [3.05, 3.63) is 12.2 Å². The van der Waals surface area contributed by atoms with Crippen LogP contribution in [0.4, 0.5) is 0 Å². The van der Waals surface area contributed by atoms with E-state index in [9.17, 15) is 14.4 Å². The summed E-state index contributed by atoms with van der Waals surface area (Å²) in [4.78, 5) is 34.3. The van der Waals surface area contributed by atoms with E-state index in [-0.39, 0.29) is 30.6 Å². The maximum Gasteiger partial charge on any atom is 0.333 e. The minimum atomic E-state index is -1.59. The molecule has 0 aromatic heterocycles. The highest BCUT2D eigenvalue weighted by molar-refractivity contribution is 6.84. The fraction of sp³-hybridized carbons (Fsp3) is 0.808. The van der Waals surface area contributed by atoms with Crippen LogP contribution in [-0.2, 0) is 32.7 Å². The largest absolute Gasteiger partial charge is 0.465 e. The lowest BCUT2D eigenvalue weighted by Crippen LogP contribution is -2.42. The summed E-state index contributed by atoms with van der Waals surface area (Å²) in [5.74, 6) is -0.826. The van der Waals surface area contributed by atoms with E-state index in [2.05, 4.69) is 39.3 Å². The summed E-state index contributed by atoms with van der Waals surface area (Å²) >= 11 is 0. The average Bonchev–Trinajstić information content (AvgIpc) is 2.72. The molecular weight excluding hydrogens is 480 g/mol. The van der Waals surface area contributed by atoms with Crippen LogP contribution in [0, 0.1) is 10.8 Å². The highest BCUT2D eigenvalue weighted by atomic mass is 28.4. The smallest absolute Gasteiger partial charge is 0.333 e. The summed E-state index contributed by atoms with van der Waals surface area (Å²) in [5.41, 5.74) is -0.514. The SMILES string of the molecule is C=C(C)C(=O)OCCOC(=O)C(C)(C)CC.CCC(C)(C)C(=O)OCCC[Si](C)(C)O[Si](C)(C)C. The molecule has 0 aromatic carbocycles. The lowest BCUT2D eigenvalue weighted by Gasteiger charge is -2.31. The lowest BCUT2D eigenvalue weighted by molar-refractivity contribution is -0.158. The molecule has 0 unspecified atom stereocenters. The molecule has 35 heavy (non-hydrogen) atoms. The second-order valence-corrected chi connectivity index (χ2v) is 20.8. The predicted molar refractivity (Wildman–Crippen MR) is 147 cm³/mol. The van der Waals surface area contributed by atoms with Crippen molar-refractivity contribution in [1.29, 1.82) is 0 Å². The highest BCUT2D eigenvalue weighted by Crippen LogP contribution is 2.23. The summed E-state index contributed by atoms with van der Waals surface area (Å²) in [6.07, 6.45) is 2.43. The summed E-state index contributed by atoms with van der Waals surface area (Å²) in [7, 11) is -3.05. The molecular formula is C26H52O7Si2. The molecule has 9 heteroatoms. The minimum absolute atomic E-state index is 0.0667. The molecule has 0 aliphatic rings. The van der Waals surface area contributed by atoms with Crippen molar-refractivity contribution in [2.24, 2.45) is 10.8 Å².